The van der Waals surface area contributed by atoms with Gasteiger partial charge in [0.2, 0.25) is 0 Å². The van der Waals surface area contributed by atoms with Crippen molar-refractivity contribution in [3.8, 4) is 0 Å². The lowest BCUT2D eigenvalue weighted by molar-refractivity contribution is 0.0884. The number of aliphatic hydroxyl groups is 1. The highest BCUT2D eigenvalue weighted by Crippen LogP contribution is 2.14. The van der Waals surface area contributed by atoms with Crippen LogP contribution in [0.4, 0.5) is 9.59 Å². The fraction of sp³-hybridized carbons (Fsp3) is 0.292. The standard InChI is InChI=1S/C24H27N3O5S/c28-22(13-19(26-23(29)30)11-17-7-3-1-4-8-17)21(12-18-9-5-2-6-10-18)27-24(31)32-14-20-15-33-16-25-20/h1-10,15-16,19,21-22,26,28H,11-14H2,(H,27,31)(H,29,30). The molecule has 0 fully saturated rings. The van der Waals surface area contributed by atoms with E-state index in [-0.39, 0.29) is 13.0 Å². The summed E-state index contributed by atoms with van der Waals surface area (Å²) in [6.07, 6.45) is -1.97. The Balaban J connectivity index is 1.67. The smallest absolute Gasteiger partial charge is 0.407 e. The molecule has 0 saturated heterocycles. The van der Waals surface area contributed by atoms with Gasteiger partial charge in [0.15, 0.2) is 0 Å². The van der Waals surface area contributed by atoms with E-state index in [9.17, 15) is 19.8 Å². The van der Waals surface area contributed by atoms with E-state index in [4.69, 9.17) is 4.74 Å². The molecule has 3 rings (SSSR count). The molecule has 9 heteroatoms. The number of rotatable bonds is 11. The van der Waals surface area contributed by atoms with Gasteiger partial charge in [-0.2, -0.15) is 0 Å². The molecular weight excluding hydrogens is 442 g/mol. The molecule has 33 heavy (non-hydrogen) atoms. The summed E-state index contributed by atoms with van der Waals surface area (Å²) in [4.78, 5) is 27.8. The Bertz CT molecular complexity index is 986. The maximum absolute atomic E-state index is 12.4. The van der Waals surface area contributed by atoms with Gasteiger partial charge < -0.3 is 25.6 Å². The van der Waals surface area contributed by atoms with Crippen molar-refractivity contribution in [3.05, 3.63) is 88.4 Å². The molecule has 2 amide bonds. The minimum Gasteiger partial charge on any atom is -0.465 e. The first-order valence-electron chi connectivity index (χ1n) is 10.6. The van der Waals surface area contributed by atoms with Crippen molar-refractivity contribution in [1.82, 2.24) is 15.6 Å². The van der Waals surface area contributed by atoms with Crippen LogP contribution in [0.25, 0.3) is 0 Å². The Hall–Kier alpha value is -3.43. The lowest BCUT2D eigenvalue weighted by Gasteiger charge is -2.27. The van der Waals surface area contributed by atoms with Gasteiger partial charge in [0.1, 0.15) is 6.61 Å². The highest BCUT2D eigenvalue weighted by atomic mass is 32.1. The highest BCUT2D eigenvalue weighted by Gasteiger charge is 2.26. The molecule has 4 N–H and O–H groups in total. The molecular formula is C24H27N3O5S. The summed E-state index contributed by atoms with van der Waals surface area (Å²) in [5, 5.41) is 27.3. The Kier molecular flexibility index (Phi) is 9.22. The molecule has 0 aliphatic heterocycles. The number of aromatic nitrogens is 1. The number of carbonyl (C=O) groups is 2. The second-order valence-corrected chi connectivity index (χ2v) is 8.35. The topological polar surface area (TPSA) is 121 Å². The summed E-state index contributed by atoms with van der Waals surface area (Å²) < 4.78 is 5.24. The molecule has 2 aromatic carbocycles. The number of amides is 2. The average molecular weight is 470 g/mol. The third-order valence-corrected chi connectivity index (χ3v) is 5.71. The number of aliphatic hydroxyl groups excluding tert-OH is 1. The number of nitrogens with zero attached hydrogens (tertiary/aromatic N) is 1. The Morgan fingerprint density at radius 2 is 1.61 bits per heavy atom. The van der Waals surface area contributed by atoms with Crippen molar-refractivity contribution in [2.75, 3.05) is 0 Å². The molecule has 3 unspecified atom stereocenters. The molecule has 0 saturated carbocycles. The zero-order valence-electron chi connectivity index (χ0n) is 18.0. The van der Waals surface area contributed by atoms with Crippen LogP contribution >= 0.6 is 11.3 Å². The van der Waals surface area contributed by atoms with E-state index in [1.54, 1.807) is 10.9 Å². The average Bonchev–Trinajstić information content (AvgIpc) is 3.32. The quantitative estimate of drug-likeness (QED) is 0.340. The zero-order chi connectivity index (χ0) is 23.5. The number of carbonyl (C=O) groups excluding carboxylic acids is 1. The van der Waals surface area contributed by atoms with Crippen LogP contribution in [0.3, 0.4) is 0 Å². The van der Waals surface area contributed by atoms with E-state index in [0.717, 1.165) is 11.1 Å². The number of benzene rings is 2. The molecule has 0 aliphatic rings. The van der Waals surface area contributed by atoms with Crippen LogP contribution in [0.1, 0.15) is 23.2 Å². The van der Waals surface area contributed by atoms with Gasteiger partial charge in [0, 0.05) is 11.4 Å². The van der Waals surface area contributed by atoms with E-state index >= 15 is 0 Å². The number of thiazole rings is 1. The van der Waals surface area contributed by atoms with Crippen molar-refractivity contribution in [2.45, 2.75) is 44.1 Å². The van der Waals surface area contributed by atoms with Crippen molar-refractivity contribution in [3.63, 3.8) is 0 Å². The molecule has 3 atom stereocenters. The number of carboxylic acid groups (broad SMARTS) is 1. The molecule has 8 nitrogen and oxygen atoms in total. The van der Waals surface area contributed by atoms with Crippen LogP contribution in [-0.2, 0) is 24.2 Å². The fourth-order valence-electron chi connectivity index (χ4n) is 3.51. The zero-order valence-corrected chi connectivity index (χ0v) is 18.8. The van der Waals surface area contributed by atoms with E-state index in [1.165, 1.54) is 11.3 Å². The van der Waals surface area contributed by atoms with Crippen molar-refractivity contribution < 1.29 is 24.5 Å². The summed E-state index contributed by atoms with van der Waals surface area (Å²) in [6, 6.07) is 17.7. The molecule has 0 radical (unpaired) electrons. The second kappa shape index (κ2) is 12.6. The molecule has 1 heterocycles. The summed E-state index contributed by atoms with van der Waals surface area (Å²) in [5.74, 6) is 0. The summed E-state index contributed by atoms with van der Waals surface area (Å²) in [5.41, 5.74) is 4.16. The molecule has 0 bridgehead atoms. The van der Waals surface area contributed by atoms with Crippen LogP contribution in [0.5, 0.6) is 0 Å². The molecule has 174 valence electrons. The summed E-state index contributed by atoms with van der Waals surface area (Å²) in [7, 11) is 0. The molecule has 0 aliphatic carbocycles. The van der Waals surface area contributed by atoms with Crippen molar-refractivity contribution in [1.29, 1.82) is 0 Å². The third kappa shape index (κ3) is 8.55. The van der Waals surface area contributed by atoms with E-state index in [2.05, 4.69) is 15.6 Å². The minimum absolute atomic E-state index is 0.0285. The van der Waals surface area contributed by atoms with Crippen molar-refractivity contribution >= 4 is 23.5 Å². The van der Waals surface area contributed by atoms with Gasteiger partial charge in [0.05, 0.1) is 23.4 Å². The second-order valence-electron chi connectivity index (χ2n) is 7.64. The fourth-order valence-corrected chi connectivity index (χ4v) is 4.06. The van der Waals surface area contributed by atoms with Crippen molar-refractivity contribution in [2.24, 2.45) is 0 Å². The van der Waals surface area contributed by atoms with Gasteiger partial charge in [-0.15, -0.1) is 11.3 Å². The Morgan fingerprint density at radius 3 is 2.18 bits per heavy atom. The van der Waals surface area contributed by atoms with E-state index in [1.807, 2.05) is 60.7 Å². The minimum atomic E-state index is -1.17. The third-order valence-electron chi connectivity index (χ3n) is 5.08. The van der Waals surface area contributed by atoms with Gasteiger partial charge >= 0.3 is 12.2 Å². The maximum Gasteiger partial charge on any atom is 0.407 e. The predicted octanol–water partition coefficient (Wildman–Crippen LogP) is 3.61. The van der Waals surface area contributed by atoms with Crippen LogP contribution in [0.15, 0.2) is 71.6 Å². The van der Waals surface area contributed by atoms with Gasteiger partial charge in [-0.05, 0) is 30.4 Å². The molecule has 0 spiro atoms. The number of alkyl carbamates (subject to hydrolysis) is 1. The number of ether oxygens (including phenoxy) is 1. The number of hydrogen-bond acceptors (Lipinski definition) is 6. The van der Waals surface area contributed by atoms with Gasteiger partial charge in [-0.1, -0.05) is 60.7 Å². The first-order chi connectivity index (χ1) is 16.0. The molecule has 3 aromatic rings. The first-order valence-corrected chi connectivity index (χ1v) is 11.5. The van der Waals surface area contributed by atoms with Crippen LogP contribution in [0.2, 0.25) is 0 Å². The number of nitrogens with one attached hydrogen (secondary N) is 2. The predicted molar refractivity (Wildman–Crippen MR) is 125 cm³/mol. The van der Waals surface area contributed by atoms with E-state index < -0.39 is 30.4 Å². The SMILES string of the molecule is O=C(O)NC(Cc1ccccc1)CC(O)C(Cc1ccccc1)NC(=O)OCc1cscn1. The highest BCUT2D eigenvalue weighted by molar-refractivity contribution is 7.07. The summed E-state index contributed by atoms with van der Waals surface area (Å²) >= 11 is 1.41. The Labute approximate surface area is 196 Å². The van der Waals surface area contributed by atoms with Gasteiger partial charge in [-0.3, -0.25) is 0 Å². The van der Waals surface area contributed by atoms with E-state index in [0.29, 0.717) is 18.5 Å². The maximum atomic E-state index is 12.4. The number of hydrogen-bond donors (Lipinski definition) is 4. The summed E-state index contributed by atoms with van der Waals surface area (Å²) in [6.45, 7) is 0.0285. The lowest BCUT2D eigenvalue weighted by Crippen LogP contribution is -2.48. The van der Waals surface area contributed by atoms with Crippen LogP contribution < -0.4 is 10.6 Å². The Morgan fingerprint density at radius 1 is 0.970 bits per heavy atom. The van der Waals surface area contributed by atoms with Gasteiger partial charge in [0.25, 0.3) is 0 Å². The largest absolute Gasteiger partial charge is 0.465 e. The molecule has 1 aromatic heterocycles. The van der Waals surface area contributed by atoms with Crippen LogP contribution in [-0.4, -0.2) is 45.6 Å². The van der Waals surface area contributed by atoms with Crippen LogP contribution in [0, 0.1) is 0 Å². The van der Waals surface area contributed by atoms with Gasteiger partial charge in [-0.25, -0.2) is 14.6 Å². The lowest BCUT2D eigenvalue weighted by atomic mass is 9.94. The first kappa shape index (κ1) is 24.2. The normalized spacial score (nSPS) is 13.5. The monoisotopic (exact) mass is 469 g/mol.